The molecule has 4 heteroatoms. The zero-order valence-corrected chi connectivity index (χ0v) is 33.3. The summed E-state index contributed by atoms with van der Waals surface area (Å²) in [5.41, 5.74) is 11.6. The summed E-state index contributed by atoms with van der Waals surface area (Å²) in [5, 5.41) is 6.48. The first-order valence-corrected chi connectivity index (χ1v) is 22.0. The van der Waals surface area contributed by atoms with Crippen LogP contribution >= 0.6 is 0 Å². The summed E-state index contributed by atoms with van der Waals surface area (Å²) < 4.78 is 13.5. The lowest BCUT2D eigenvalue weighted by Crippen LogP contribution is -2.62. The molecule has 0 fully saturated rings. The highest BCUT2D eigenvalue weighted by Gasteiger charge is 2.51. The molecule has 59 heavy (non-hydrogen) atoms. The summed E-state index contributed by atoms with van der Waals surface area (Å²) in [4.78, 5) is 2.38. The Balaban J connectivity index is 1.12. The maximum absolute atomic E-state index is 6.75. The molecule has 0 bridgehead atoms. The van der Waals surface area contributed by atoms with E-state index in [1.165, 1.54) is 32.3 Å². The van der Waals surface area contributed by atoms with Gasteiger partial charge in [-0.1, -0.05) is 157 Å². The van der Waals surface area contributed by atoms with Gasteiger partial charge in [-0.15, -0.1) is 0 Å². The number of benzene rings is 9. The molecule has 1 spiro atoms. The van der Waals surface area contributed by atoms with Crippen LogP contribution in [0.15, 0.2) is 223 Å². The van der Waals surface area contributed by atoms with Crippen LogP contribution in [0.25, 0.3) is 33.1 Å². The normalized spacial score (nSPS) is 14.5. The van der Waals surface area contributed by atoms with E-state index < -0.39 is 14.2 Å². The van der Waals surface area contributed by atoms with Gasteiger partial charge in [-0.25, -0.2) is 0 Å². The first-order valence-electron chi connectivity index (χ1n) is 20.3. The highest BCUT2D eigenvalue weighted by Crippen LogP contribution is 2.56. The Morgan fingerprint density at radius 2 is 0.915 bits per heavy atom. The lowest BCUT2D eigenvalue weighted by molar-refractivity contribution is 0.435. The fraction of sp³-hybridized carbons (Fsp3) is 0.0182. The Morgan fingerprint density at radius 1 is 0.373 bits per heavy atom. The van der Waals surface area contributed by atoms with Gasteiger partial charge in [0.1, 0.15) is 31.5 Å². The predicted molar refractivity (Wildman–Crippen MR) is 245 cm³/mol. The van der Waals surface area contributed by atoms with Gasteiger partial charge in [-0.05, 0) is 93.3 Å². The maximum atomic E-state index is 6.75. The highest BCUT2D eigenvalue weighted by atomic mass is 28.3. The summed E-state index contributed by atoms with van der Waals surface area (Å²) >= 11 is 0. The van der Waals surface area contributed by atoms with Crippen LogP contribution in [0.2, 0.25) is 0 Å². The topological polar surface area (TPSA) is 25.6 Å². The van der Waals surface area contributed by atoms with Gasteiger partial charge in [0.25, 0.3) is 0 Å². The molecule has 1 atom stereocenters. The second kappa shape index (κ2) is 13.3. The number of hydrogen-bond acceptors (Lipinski definition) is 3. The minimum Gasteiger partial charge on any atom is -0.457 e. The van der Waals surface area contributed by atoms with E-state index >= 15 is 0 Å². The average Bonchev–Trinajstić information content (AvgIpc) is 3.67. The molecule has 3 heterocycles. The zero-order chi connectivity index (χ0) is 38.9. The first-order chi connectivity index (χ1) is 29.3. The monoisotopic (exact) mass is 771 g/mol. The molecule has 10 aromatic rings. The number of para-hydroxylation sites is 3. The van der Waals surface area contributed by atoms with E-state index in [9.17, 15) is 0 Å². The second-order valence-electron chi connectivity index (χ2n) is 15.6. The predicted octanol–water partition coefficient (Wildman–Crippen LogP) is 11.8. The first kappa shape index (κ1) is 33.7. The molecule has 0 aliphatic carbocycles. The smallest absolute Gasteiger partial charge is 0.137 e. The van der Waals surface area contributed by atoms with Crippen LogP contribution in [0.1, 0.15) is 22.3 Å². The number of nitrogens with zero attached hydrogens (tertiary/aromatic N) is 1. The molecule has 1 aromatic heterocycles. The lowest BCUT2D eigenvalue weighted by atomic mass is 9.63. The molecule has 278 valence electrons. The summed E-state index contributed by atoms with van der Waals surface area (Å²) in [6, 6.07) is 79.3. The molecule has 9 aromatic carbocycles. The Labute approximate surface area is 344 Å². The fourth-order valence-electron chi connectivity index (χ4n) is 9.98. The minimum absolute atomic E-state index is 0.618. The average molecular weight is 772 g/mol. The maximum Gasteiger partial charge on any atom is 0.137 e. The van der Waals surface area contributed by atoms with Crippen LogP contribution in [0.3, 0.4) is 0 Å². The van der Waals surface area contributed by atoms with Gasteiger partial charge in [0.2, 0.25) is 0 Å². The van der Waals surface area contributed by atoms with E-state index in [2.05, 4.69) is 223 Å². The quantitative estimate of drug-likeness (QED) is 0.163. The third kappa shape index (κ3) is 5.13. The molecule has 0 amide bonds. The minimum atomic E-state index is -1.96. The fourth-order valence-corrected chi connectivity index (χ4v) is 13.5. The van der Waals surface area contributed by atoms with Crippen molar-refractivity contribution in [1.29, 1.82) is 0 Å². The number of hydrogen-bond donors (Lipinski definition) is 0. The van der Waals surface area contributed by atoms with Crippen LogP contribution < -0.4 is 25.2 Å². The van der Waals surface area contributed by atoms with Crippen molar-refractivity contribution in [3.63, 3.8) is 0 Å². The van der Waals surface area contributed by atoms with Gasteiger partial charge >= 0.3 is 0 Å². The summed E-state index contributed by atoms with van der Waals surface area (Å²) in [6.45, 7) is 0. The van der Waals surface area contributed by atoms with E-state index in [0.29, 0.717) is 0 Å². The van der Waals surface area contributed by atoms with Crippen molar-refractivity contribution >= 4 is 63.4 Å². The van der Waals surface area contributed by atoms with E-state index in [0.717, 1.165) is 67.2 Å². The molecule has 1 unspecified atom stereocenters. The number of ether oxygens (including phenoxy) is 1. The van der Waals surface area contributed by atoms with E-state index in [-0.39, 0.29) is 0 Å². The molecule has 0 saturated carbocycles. The molecular formula is C55H37NO2Si. The van der Waals surface area contributed by atoms with Crippen molar-refractivity contribution in [3.8, 4) is 22.6 Å². The Kier molecular flexibility index (Phi) is 7.62. The van der Waals surface area contributed by atoms with Gasteiger partial charge in [0.05, 0.1) is 5.41 Å². The third-order valence-corrected chi connectivity index (χ3v) is 15.8. The summed E-state index contributed by atoms with van der Waals surface area (Å²) in [5.74, 6) is 1.78. The van der Waals surface area contributed by atoms with E-state index in [1.807, 2.05) is 0 Å². The SMILES string of the molecule is c1ccc(-c2ccc3c(c2)oc2cc(N(c4ccccc4)c4ccc5c(c4)C4(c6ccccc6Oc6ccccc64)c4ccccc4[SiH]5c4ccccc4)ccc23)cc1. The molecule has 0 radical (unpaired) electrons. The number of anilines is 3. The van der Waals surface area contributed by atoms with Gasteiger partial charge < -0.3 is 14.1 Å². The zero-order valence-electron chi connectivity index (χ0n) is 32.1. The summed E-state index contributed by atoms with van der Waals surface area (Å²) in [6.07, 6.45) is 0. The Bertz CT molecular complexity index is 3170. The van der Waals surface area contributed by atoms with Crippen LogP contribution in [0.4, 0.5) is 17.1 Å². The largest absolute Gasteiger partial charge is 0.457 e. The third-order valence-electron chi connectivity index (χ3n) is 12.5. The van der Waals surface area contributed by atoms with Crippen molar-refractivity contribution in [2.75, 3.05) is 4.90 Å². The van der Waals surface area contributed by atoms with E-state index in [1.54, 1.807) is 0 Å². The molecule has 3 nitrogen and oxygen atoms in total. The molecule has 0 saturated heterocycles. The van der Waals surface area contributed by atoms with E-state index in [4.69, 9.17) is 9.15 Å². The molecule has 12 rings (SSSR count). The van der Waals surface area contributed by atoms with Crippen LogP contribution in [-0.4, -0.2) is 8.80 Å². The van der Waals surface area contributed by atoms with Gasteiger partial charge in [0, 0.05) is 45.0 Å². The van der Waals surface area contributed by atoms with Crippen molar-refractivity contribution in [2.45, 2.75) is 5.41 Å². The van der Waals surface area contributed by atoms with Crippen LogP contribution in [0, 0.1) is 0 Å². The van der Waals surface area contributed by atoms with Gasteiger partial charge in [-0.3, -0.25) is 0 Å². The highest BCUT2D eigenvalue weighted by molar-refractivity contribution is 6.96. The number of fused-ring (bicyclic) bond motifs is 11. The number of furan rings is 1. The Morgan fingerprint density at radius 3 is 1.64 bits per heavy atom. The van der Waals surface area contributed by atoms with Crippen molar-refractivity contribution in [3.05, 3.63) is 241 Å². The standard InChI is InChI=1S/C55H37NO2Si/c1-4-16-37(17-5-1)38-28-31-43-44-32-29-41(36-52(44)58-51(43)34-38)56(39-18-6-2-7-19-39)40-30-33-54-48(35-40)55(45-22-10-13-25-49(45)57-50-26-14-11-23-46(50)55)47-24-12-15-27-53(47)59(54)42-20-8-3-9-21-42/h1-36,59H. The van der Waals surface area contributed by atoms with Crippen LogP contribution in [0.5, 0.6) is 11.5 Å². The van der Waals surface area contributed by atoms with Crippen molar-refractivity contribution in [1.82, 2.24) is 0 Å². The second-order valence-corrected chi connectivity index (χ2v) is 18.4. The molecular weight excluding hydrogens is 735 g/mol. The van der Waals surface area contributed by atoms with Gasteiger partial charge in [-0.2, -0.15) is 0 Å². The van der Waals surface area contributed by atoms with Crippen molar-refractivity contribution in [2.24, 2.45) is 0 Å². The lowest BCUT2D eigenvalue weighted by Gasteiger charge is -2.47. The molecule has 2 aliphatic heterocycles. The number of rotatable bonds is 5. The molecule has 0 N–H and O–H groups in total. The summed E-state index contributed by atoms with van der Waals surface area (Å²) in [7, 11) is -1.96. The molecule has 2 aliphatic rings. The van der Waals surface area contributed by atoms with Crippen LogP contribution in [-0.2, 0) is 5.41 Å². The van der Waals surface area contributed by atoms with Gasteiger partial charge in [0.15, 0.2) is 0 Å². The van der Waals surface area contributed by atoms with Crippen molar-refractivity contribution < 1.29 is 9.15 Å². The Hall–Kier alpha value is -7.40.